The highest BCUT2D eigenvalue weighted by atomic mass is 32.2. The highest BCUT2D eigenvalue weighted by Crippen LogP contribution is 2.23. The summed E-state index contributed by atoms with van der Waals surface area (Å²) < 4.78 is 40.5. The first kappa shape index (κ1) is 16.1. The van der Waals surface area contributed by atoms with Crippen molar-refractivity contribution in [2.24, 2.45) is 5.41 Å². The van der Waals surface area contributed by atoms with Crippen molar-refractivity contribution in [1.82, 2.24) is 4.72 Å². The molecule has 0 unspecified atom stereocenters. The summed E-state index contributed by atoms with van der Waals surface area (Å²) in [5.41, 5.74) is 0.758. The summed E-state index contributed by atoms with van der Waals surface area (Å²) in [6.45, 7) is 9.59. The molecular weight excluding hydrogens is 265 g/mol. The number of hydrogen-bond donors (Lipinski definition) is 1. The number of aryl methyl sites for hydroxylation is 2. The summed E-state index contributed by atoms with van der Waals surface area (Å²) in [5, 5.41) is 0. The van der Waals surface area contributed by atoms with E-state index in [4.69, 9.17) is 0 Å². The van der Waals surface area contributed by atoms with Gasteiger partial charge in [-0.25, -0.2) is 17.5 Å². The molecular formula is C14H22FNO2S. The number of halogens is 1. The van der Waals surface area contributed by atoms with Gasteiger partial charge in [-0.2, -0.15) is 0 Å². The lowest BCUT2D eigenvalue weighted by molar-refractivity contribution is 0.350. The molecule has 108 valence electrons. The summed E-state index contributed by atoms with van der Waals surface area (Å²) in [6.07, 6.45) is 0.872. The van der Waals surface area contributed by atoms with Crippen molar-refractivity contribution in [3.63, 3.8) is 0 Å². The molecule has 19 heavy (non-hydrogen) atoms. The zero-order valence-corrected chi connectivity index (χ0v) is 13.0. The van der Waals surface area contributed by atoms with Crippen molar-refractivity contribution in [1.29, 1.82) is 0 Å². The Balaban J connectivity index is 3.09. The van der Waals surface area contributed by atoms with Gasteiger partial charge >= 0.3 is 0 Å². The maximum Gasteiger partial charge on any atom is 0.241 e. The molecule has 0 atom stereocenters. The van der Waals surface area contributed by atoms with Crippen molar-refractivity contribution in [2.45, 2.75) is 45.9 Å². The molecule has 0 fully saturated rings. The highest BCUT2D eigenvalue weighted by molar-refractivity contribution is 7.89. The first-order chi connectivity index (χ1) is 8.59. The van der Waals surface area contributed by atoms with E-state index in [-0.39, 0.29) is 10.3 Å². The fourth-order valence-electron chi connectivity index (χ4n) is 1.81. The second kappa shape index (κ2) is 5.59. The Hall–Kier alpha value is -0.940. The number of hydrogen-bond acceptors (Lipinski definition) is 2. The molecule has 1 aromatic carbocycles. The van der Waals surface area contributed by atoms with E-state index in [1.165, 1.54) is 12.1 Å². The maximum atomic E-state index is 13.2. The van der Waals surface area contributed by atoms with E-state index in [9.17, 15) is 12.8 Å². The van der Waals surface area contributed by atoms with E-state index in [0.29, 0.717) is 17.7 Å². The topological polar surface area (TPSA) is 46.2 Å². The largest absolute Gasteiger partial charge is 0.241 e. The van der Waals surface area contributed by atoms with Gasteiger partial charge in [-0.3, -0.25) is 0 Å². The lowest BCUT2D eigenvalue weighted by Gasteiger charge is -2.23. The molecule has 3 nitrogen and oxygen atoms in total. The molecule has 0 saturated carbocycles. The third kappa shape index (κ3) is 4.01. The Labute approximate surface area is 115 Å². The SMILES string of the molecule is CCC(C)(C)CNS(=O)(=O)c1c(C)cc(F)cc1C. The summed E-state index contributed by atoms with van der Waals surface area (Å²) in [5.74, 6) is -0.414. The van der Waals surface area contributed by atoms with E-state index < -0.39 is 15.8 Å². The summed E-state index contributed by atoms with van der Waals surface area (Å²) in [6, 6.07) is 2.49. The minimum atomic E-state index is -3.60. The van der Waals surface area contributed by atoms with Crippen LogP contribution in [0.15, 0.2) is 17.0 Å². The molecule has 1 rings (SSSR count). The molecule has 0 aliphatic carbocycles. The predicted molar refractivity (Wildman–Crippen MR) is 75.1 cm³/mol. The van der Waals surface area contributed by atoms with E-state index in [1.807, 2.05) is 20.8 Å². The van der Waals surface area contributed by atoms with E-state index in [2.05, 4.69) is 4.72 Å². The molecule has 0 amide bonds. The normalized spacial score (nSPS) is 12.7. The van der Waals surface area contributed by atoms with Crippen molar-refractivity contribution in [2.75, 3.05) is 6.54 Å². The van der Waals surface area contributed by atoms with Gasteiger partial charge in [-0.1, -0.05) is 20.8 Å². The van der Waals surface area contributed by atoms with Crippen LogP contribution < -0.4 is 4.72 Å². The average molecular weight is 287 g/mol. The molecule has 0 aromatic heterocycles. The van der Waals surface area contributed by atoms with Gasteiger partial charge in [0.1, 0.15) is 5.82 Å². The van der Waals surface area contributed by atoms with Crippen molar-refractivity contribution >= 4 is 10.0 Å². The van der Waals surface area contributed by atoms with Crippen LogP contribution in [0.4, 0.5) is 4.39 Å². The molecule has 5 heteroatoms. The van der Waals surface area contributed by atoms with Crippen LogP contribution in [0.5, 0.6) is 0 Å². The van der Waals surface area contributed by atoms with Gasteiger partial charge in [0.25, 0.3) is 0 Å². The molecule has 0 saturated heterocycles. The third-order valence-corrected chi connectivity index (χ3v) is 5.10. The van der Waals surface area contributed by atoms with Crippen LogP contribution in [0.3, 0.4) is 0 Å². The zero-order chi connectivity index (χ0) is 14.8. The molecule has 1 aromatic rings. The van der Waals surface area contributed by atoms with Crippen molar-refractivity contribution in [3.05, 3.63) is 29.1 Å². The van der Waals surface area contributed by atoms with Crippen LogP contribution in [-0.4, -0.2) is 15.0 Å². The van der Waals surface area contributed by atoms with Crippen LogP contribution in [0.1, 0.15) is 38.3 Å². The smallest absolute Gasteiger partial charge is 0.211 e. The van der Waals surface area contributed by atoms with E-state index in [1.54, 1.807) is 13.8 Å². The number of sulfonamides is 1. The fourth-order valence-corrected chi connectivity index (χ4v) is 3.50. The fraction of sp³-hybridized carbons (Fsp3) is 0.571. The molecule has 0 heterocycles. The van der Waals surface area contributed by atoms with E-state index in [0.717, 1.165) is 6.42 Å². The summed E-state index contributed by atoms with van der Waals surface area (Å²) in [4.78, 5) is 0.181. The summed E-state index contributed by atoms with van der Waals surface area (Å²) in [7, 11) is -3.60. The second-order valence-electron chi connectivity index (χ2n) is 5.71. The number of nitrogens with one attached hydrogen (secondary N) is 1. The maximum absolute atomic E-state index is 13.2. The van der Waals surface area contributed by atoms with Crippen LogP contribution >= 0.6 is 0 Å². The van der Waals surface area contributed by atoms with Gasteiger partial charge in [-0.15, -0.1) is 0 Å². The first-order valence-corrected chi connectivity index (χ1v) is 7.84. The number of benzene rings is 1. The van der Waals surface area contributed by atoms with Crippen LogP contribution in [0.2, 0.25) is 0 Å². The van der Waals surface area contributed by atoms with Gasteiger partial charge in [0.2, 0.25) is 10.0 Å². The van der Waals surface area contributed by atoms with Crippen LogP contribution in [0, 0.1) is 25.1 Å². The lowest BCUT2D eigenvalue weighted by Crippen LogP contribution is -2.34. The zero-order valence-electron chi connectivity index (χ0n) is 12.2. The van der Waals surface area contributed by atoms with Gasteiger partial charge in [0, 0.05) is 6.54 Å². The quantitative estimate of drug-likeness (QED) is 0.904. The average Bonchev–Trinajstić information content (AvgIpc) is 2.25. The van der Waals surface area contributed by atoms with Crippen LogP contribution in [-0.2, 0) is 10.0 Å². The molecule has 0 spiro atoms. The molecule has 0 bridgehead atoms. The Bertz CT molecular complexity index is 542. The monoisotopic (exact) mass is 287 g/mol. The lowest BCUT2D eigenvalue weighted by atomic mass is 9.91. The minimum absolute atomic E-state index is 0.102. The van der Waals surface area contributed by atoms with Crippen LogP contribution in [0.25, 0.3) is 0 Å². The van der Waals surface area contributed by atoms with Gasteiger partial charge in [0.15, 0.2) is 0 Å². The standard InChI is InChI=1S/C14H22FNO2S/c1-6-14(4,5)9-16-19(17,18)13-10(2)7-12(15)8-11(13)3/h7-8,16H,6,9H2,1-5H3. The summed E-state index contributed by atoms with van der Waals surface area (Å²) >= 11 is 0. The van der Waals surface area contributed by atoms with Gasteiger partial charge in [0.05, 0.1) is 4.90 Å². The highest BCUT2D eigenvalue weighted by Gasteiger charge is 2.23. The number of rotatable bonds is 5. The Morgan fingerprint density at radius 1 is 1.21 bits per heavy atom. The van der Waals surface area contributed by atoms with E-state index >= 15 is 0 Å². The molecule has 0 aliphatic heterocycles. The Kier molecular flexibility index (Phi) is 4.74. The second-order valence-corrected chi connectivity index (χ2v) is 7.41. The molecule has 1 N–H and O–H groups in total. The third-order valence-electron chi connectivity index (χ3n) is 3.39. The predicted octanol–water partition coefficient (Wildman–Crippen LogP) is 3.16. The van der Waals surface area contributed by atoms with Crippen molar-refractivity contribution in [3.8, 4) is 0 Å². The Morgan fingerprint density at radius 2 is 1.68 bits per heavy atom. The first-order valence-electron chi connectivity index (χ1n) is 6.35. The van der Waals surface area contributed by atoms with Gasteiger partial charge in [-0.05, 0) is 48.9 Å². The molecule has 0 radical (unpaired) electrons. The Morgan fingerprint density at radius 3 is 2.11 bits per heavy atom. The minimum Gasteiger partial charge on any atom is -0.211 e. The molecule has 0 aliphatic rings. The van der Waals surface area contributed by atoms with Gasteiger partial charge < -0.3 is 0 Å². The van der Waals surface area contributed by atoms with Crippen molar-refractivity contribution < 1.29 is 12.8 Å².